The lowest BCUT2D eigenvalue weighted by Crippen LogP contribution is -2.37. The molecule has 2 aromatic carbocycles. The molecule has 1 aliphatic carbocycles. The lowest BCUT2D eigenvalue weighted by atomic mass is 10.1. The molecule has 0 aromatic heterocycles. The molecular weight excluding hydrogens is 356 g/mol. The summed E-state index contributed by atoms with van der Waals surface area (Å²) in [5, 5.41) is 2.96. The van der Waals surface area contributed by atoms with Gasteiger partial charge < -0.3 is 14.8 Å². The molecule has 148 valence electrons. The van der Waals surface area contributed by atoms with Gasteiger partial charge in [0.25, 0.3) is 0 Å². The second kappa shape index (κ2) is 9.37. The number of rotatable bonds is 9. The Bertz CT molecular complexity index is 798. The fraction of sp³-hybridized carbons (Fsp3) is 0.364. The van der Waals surface area contributed by atoms with Gasteiger partial charge in [-0.05, 0) is 48.2 Å². The van der Waals surface area contributed by atoms with Gasteiger partial charge in [-0.15, -0.1) is 0 Å². The number of hydrogen-bond acceptors (Lipinski definition) is 5. The number of nitrogens with one attached hydrogen (secondary N) is 1. The zero-order valence-electron chi connectivity index (χ0n) is 16.3. The van der Waals surface area contributed by atoms with Crippen LogP contribution in [0.15, 0.2) is 48.5 Å². The summed E-state index contributed by atoms with van der Waals surface area (Å²) >= 11 is 0. The molecule has 6 heteroatoms. The van der Waals surface area contributed by atoms with Crippen molar-refractivity contribution >= 4 is 11.9 Å². The van der Waals surface area contributed by atoms with Gasteiger partial charge in [-0.2, -0.15) is 0 Å². The molecule has 1 aliphatic rings. The first-order valence-electron chi connectivity index (χ1n) is 9.40. The van der Waals surface area contributed by atoms with Crippen LogP contribution in [-0.2, 0) is 22.6 Å². The van der Waals surface area contributed by atoms with E-state index in [0.717, 1.165) is 30.7 Å². The minimum atomic E-state index is -0.366. The largest absolute Gasteiger partial charge is 0.497 e. The summed E-state index contributed by atoms with van der Waals surface area (Å²) in [6.45, 7) is 1.55. The Hall–Kier alpha value is -2.86. The number of benzene rings is 2. The Kier molecular flexibility index (Phi) is 6.66. The van der Waals surface area contributed by atoms with Crippen LogP contribution in [0.25, 0.3) is 0 Å². The van der Waals surface area contributed by atoms with Crippen LogP contribution in [-0.4, -0.2) is 43.6 Å². The SMILES string of the molecule is COC(=O)c1ccc(CNC(=O)CN(Cc2ccc(OC)cc2)C2CC2)cc1. The summed E-state index contributed by atoms with van der Waals surface area (Å²) in [5.74, 6) is 0.462. The molecule has 28 heavy (non-hydrogen) atoms. The van der Waals surface area contributed by atoms with E-state index in [0.29, 0.717) is 24.7 Å². The highest BCUT2D eigenvalue weighted by Gasteiger charge is 2.30. The van der Waals surface area contributed by atoms with Gasteiger partial charge in [-0.3, -0.25) is 9.69 Å². The van der Waals surface area contributed by atoms with Crippen molar-refractivity contribution < 1.29 is 19.1 Å². The molecule has 0 spiro atoms. The Balaban J connectivity index is 1.50. The Morgan fingerprint density at radius 3 is 2.21 bits per heavy atom. The predicted molar refractivity (Wildman–Crippen MR) is 106 cm³/mol. The quantitative estimate of drug-likeness (QED) is 0.676. The normalized spacial score (nSPS) is 13.2. The molecule has 0 atom stereocenters. The average molecular weight is 382 g/mol. The summed E-state index contributed by atoms with van der Waals surface area (Å²) in [6.07, 6.45) is 2.27. The zero-order chi connectivity index (χ0) is 19.9. The first-order chi connectivity index (χ1) is 13.6. The van der Waals surface area contributed by atoms with Crippen molar-refractivity contribution in [1.29, 1.82) is 0 Å². The van der Waals surface area contributed by atoms with Crippen molar-refractivity contribution in [3.8, 4) is 5.75 Å². The van der Waals surface area contributed by atoms with E-state index in [1.165, 1.54) is 12.7 Å². The Morgan fingerprint density at radius 1 is 1.00 bits per heavy atom. The van der Waals surface area contributed by atoms with Gasteiger partial charge in [-0.25, -0.2) is 4.79 Å². The summed E-state index contributed by atoms with van der Waals surface area (Å²) < 4.78 is 9.88. The van der Waals surface area contributed by atoms with Crippen LogP contribution < -0.4 is 10.1 Å². The van der Waals surface area contributed by atoms with Crippen molar-refractivity contribution in [1.82, 2.24) is 10.2 Å². The molecule has 1 N–H and O–H groups in total. The lowest BCUT2D eigenvalue weighted by Gasteiger charge is -2.21. The van der Waals surface area contributed by atoms with Crippen LogP contribution in [0.3, 0.4) is 0 Å². The molecule has 0 saturated heterocycles. The highest BCUT2D eigenvalue weighted by Crippen LogP contribution is 2.28. The van der Waals surface area contributed by atoms with E-state index in [1.54, 1.807) is 19.2 Å². The molecule has 0 aliphatic heterocycles. The number of carbonyl (C=O) groups excluding carboxylic acids is 2. The summed E-state index contributed by atoms with van der Waals surface area (Å²) in [6, 6.07) is 15.5. The van der Waals surface area contributed by atoms with Crippen molar-refractivity contribution in [3.63, 3.8) is 0 Å². The van der Waals surface area contributed by atoms with E-state index in [4.69, 9.17) is 4.74 Å². The Morgan fingerprint density at radius 2 is 1.64 bits per heavy atom. The van der Waals surface area contributed by atoms with Crippen LogP contribution in [0.1, 0.15) is 34.3 Å². The second-order valence-electron chi connectivity index (χ2n) is 6.95. The first kappa shape index (κ1) is 19.9. The first-order valence-corrected chi connectivity index (χ1v) is 9.40. The summed E-state index contributed by atoms with van der Waals surface area (Å²) in [4.78, 5) is 26.1. The second-order valence-corrected chi connectivity index (χ2v) is 6.95. The molecule has 6 nitrogen and oxygen atoms in total. The fourth-order valence-corrected chi connectivity index (χ4v) is 3.04. The number of methoxy groups -OCH3 is 2. The highest BCUT2D eigenvalue weighted by molar-refractivity contribution is 5.89. The molecule has 1 saturated carbocycles. The van der Waals surface area contributed by atoms with Crippen LogP contribution >= 0.6 is 0 Å². The maximum atomic E-state index is 12.4. The van der Waals surface area contributed by atoms with Gasteiger partial charge in [0.1, 0.15) is 5.75 Å². The third-order valence-electron chi connectivity index (χ3n) is 4.82. The van der Waals surface area contributed by atoms with Crippen LogP contribution in [0.5, 0.6) is 5.75 Å². The number of ether oxygens (including phenoxy) is 2. The number of hydrogen-bond donors (Lipinski definition) is 1. The average Bonchev–Trinajstić information content (AvgIpc) is 3.57. The van der Waals surface area contributed by atoms with E-state index in [9.17, 15) is 9.59 Å². The van der Waals surface area contributed by atoms with Gasteiger partial charge in [0, 0.05) is 19.1 Å². The minimum Gasteiger partial charge on any atom is -0.497 e. The summed E-state index contributed by atoms with van der Waals surface area (Å²) in [5.41, 5.74) is 2.60. The highest BCUT2D eigenvalue weighted by atomic mass is 16.5. The minimum absolute atomic E-state index is 0.00236. The third-order valence-corrected chi connectivity index (χ3v) is 4.82. The van der Waals surface area contributed by atoms with E-state index >= 15 is 0 Å². The fourth-order valence-electron chi connectivity index (χ4n) is 3.04. The standard InChI is InChI=1S/C22H26N2O4/c1-27-20-11-5-17(6-12-20)14-24(19-9-10-19)15-21(25)23-13-16-3-7-18(8-4-16)22(26)28-2/h3-8,11-12,19H,9-10,13-15H2,1-2H3,(H,23,25). The molecular formula is C22H26N2O4. The van der Waals surface area contributed by atoms with Gasteiger partial charge in [-0.1, -0.05) is 24.3 Å². The van der Waals surface area contributed by atoms with Crippen LogP contribution in [0, 0.1) is 0 Å². The number of carbonyl (C=O) groups is 2. The van der Waals surface area contributed by atoms with E-state index in [2.05, 4.69) is 15.0 Å². The van der Waals surface area contributed by atoms with Crippen molar-refractivity contribution in [2.45, 2.75) is 32.0 Å². The van der Waals surface area contributed by atoms with Crippen molar-refractivity contribution in [2.75, 3.05) is 20.8 Å². The summed E-state index contributed by atoms with van der Waals surface area (Å²) in [7, 11) is 3.01. The van der Waals surface area contributed by atoms with Crippen LogP contribution in [0.2, 0.25) is 0 Å². The smallest absolute Gasteiger partial charge is 0.337 e. The van der Waals surface area contributed by atoms with Gasteiger partial charge >= 0.3 is 5.97 Å². The molecule has 3 rings (SSSR count). The number of esters is 1. The van der Waals surface area contributed by atoms with Crippen molar-refractivity contribution in [3.05, 3.63) is 65.2 Å². The number of nitrogens with zero attached hydrogens (tertiary/aromatic N) is 1. The Labute approximate surface area is 165 Å². The molecule has 0 radical (unpaired) electrons. The lowest BCUT2D eigenvalue weighted by molar-refractivity contribution is -0.122. The maximum Gasteiger partial charge on any atom is 0.337 e. The van der Waals surface area contributed by atoms with Crippen molar-refractivity contribution in [2.24, 2.45) is 0 Å². The topological polar surface area (TPSA) is 67.9 Å². The monoisotopic (exact) mass is 382 g/mol. The van der Waals surface area contributed by atoms with E-state index in [1.807, 2.05) is 36.4 Å². The van der Waals surface area contributed by atoms with Gasteiger partial charge in [0.2, 0.25) is 5.91 Å². The zero-order valence-corrected chi connectivity index (χ0v) is 16.3. The van der Waals surface area contributed by atoms with E-state index < -0.39 is 0 Å². The molecule has 0 bridgehead atoms. The number of amides is 1. The molecule has 1 amide bonds. The molecule has 2 aromatic rings. The third kappa shape index (κ3) is 5.57. The maximum absolute atomic E-state index is 12.4. The van der Waals surface area contributed by atoms with Crippen LogP contribution in [0.4, 0.5) is 0 Å². The van der Waals surface area contributed by atoms with E-state index in [-0.39, 0.29) is 11.9 Å². The molecule has 0 heterocycles. The van der Waals surface area contributed by atoms with Gasteiger partial charge in [0.05, 0.1) is 26.3 Å². The van der Waals surface area contributed by atoms with Gasteiger partial charge in [0.15, 0.2) is 0 Å². The molecule has 1 fully saturated rings. The molecule has 0 unspecified atom stereocenters. The predicted octanol–water partition coefficient (Wildman–Crippen LogP) is 2.76.